The number of aryl methyl sites for hydroxylation is 1. The Kier molecular flexibility index (Phi) is 7.12. The second kappa shape index (κ2) is 9.97. The monoisotopic (exact) mass is 389 g/mol. The maximum absolute atomic E-state index is 12.0. The number of rotatable bonds is 10. The molecule has 0 saturated carbocycles. The molecular formula is C25H29N2O2+. The number of aromatic nitrogens is 1. The van der Waals surface area contributed by atoms with Crippen LogP contribution >= 0.6 is 0 Å². The van der Waals surface area contributed by atoms with Crippen LogP contribution in [0.3, 0.4) is 0 Å². The van der Waals surface area contributed by atoms with Gasteiger partial charge in [0.05, 0.1) is 11.3 Å². The third-order valence-electron chi connectivity index (χ3n) is 5.10. The van der Waals surface area contributed by atoms with E-state index < -0.39 is 10.9 Å². The first-order valence-electron chi connectivity index (χ1n) is 10.5. The van der Waals surface area contributed by atoms with Gasteiger partial charge in [0, 0.05) is 25.1 Å². The molecule has 2 aromatic carbocycles. The van der Waals surface area contributed by atoms with Crippen molar-refractivity contribution in [3.63, 3.8) is 0 Å². The summed E-state index contributed by atoms with van der Waals surface area (Å²) in [6.07, 6.45) is 12.7. The largest absolute Gasteiger partial charge is 0.381 e. The smallest absolute Gasteiger partial charge is 0.250 e. The molecule has 0 saturated heterocycles. The normalized spacial score (nSPS) is 11.4. The zero-order chi connectivity index (χ0) is 20.6. The highest BCUT2D eigenvalue weighted by molar-refractivity contribution is 5.82. The summed E-state index contributed by atoms with van der Waals surface area (Å²) in [5, 5.41) is 3.12. The fourth-order valence-electron chi connectivity index (χ4n) is 3.25. The lowest BCUT2D eigenvalue weighted by molar-refractivity contribution is -0.697. The maximum Gasteiger partial charge on any atom is 0.250 e. The lowest BCUT2D eigenvalue weighted by Crippen LogP contribution is -2.36. The van der Waals surface area contributed by atoms with E-state index in [4.69, 9.17) is 0 Å². The van der Waals surface area contributed by atoms with Gasteiger partial charge < -0.3 is 5.32 Å². The van der Waals surface area contributed by atoms with E-state index in [2.05, 4.69) is 60.4 Å². The first-order valence-corrected chi connectivity index (χ1v) is 10.5. The lowest BCUT2D eigenvalue weighted by Gasteiger charge is -2.13. The lowest BCUT2D eigenvalue weighted by atomic mass is 9.97. The zero-order valence-corrected chi connectivity index (χ0v) is 17.3. The number of anilines is 1. The molecule has 0 unspecified atom stereocenters. The molecule has 0 radical (unpaired) electrons. The SMILES string of the molecule is CCCCNc1c(-c2ccc(C=Cc3cc[n+](CCCC)cc3)cc2)c(=O)c1=O. The molecule has 0 atom stereocenters. The first kappa shape index (κ1) is 20.7. The van der Waals surface area contributed by atoms with Crippen molar-refractivity contribution in [2.45, 2.75) is 46.1 Å². The van der Waals surface area contributed by atoms with E-state index >= 15 is 0 Å². The van der Waals surface area contributed by atoms with Gasteiger partial charge in [0.25, 0.3) is 0 Å². The van der Waals surface area contributed by atoms with Crippen LogP contribution < -0.4 is 20.7 Å². The standard InChI is InChI=1S/C25H28N2O2/c1-3-5-15-26-23-22(24(28)25(23)29)21-11-9-19(10-12-21)7-8-20-13-17-27(18-14-20)16-6-4-2/h7-14,17-18H,3-6,15-16H2,1-2H3/p+1. The van der Waals surface area contributed by atoms with Crippen LogP contribution in [0.5, 0.6) is 0 Å². The summed E-state index contributed by atoms with van der Waals surface area (Å²) in [7, 11) is 0. The summed E-state index contributed by atoms with van der Waals surface area (Å²) < 4.78 is 2.20. The van der Waals surface area contributed by atoms with Crippen molar-refractivity contribution >= 4 is 17.8 Å². The molecule has 150 valence electrons. The molecule has 0 aliphatic carbocycles. The van der Waals surface area contributed by atoms with Gasteiger partial charge >= 0.3 is 0 Å². The summed E-state index contributed by atoms with van der Waals surface area (Å²) in [6.45, 7) is 6.05. The Bertz CT molecular complexity index is 1020. The second-order valence-electron chi connectivity index (χ2n) is 7.37. The van der Waals surface area contributed by atoms with Crippen LogP contribution in [-0.4, -0.2) is 6.54 Å². The minimum absolute atomic E-state index is 0.395. The van der Waals surface area contributed by atoms with E-state index in [1.165, 1.54) is 12.8 Å². The molecule has 3 aromatic rings. The van der Waals surface area contributed by atoms with Crippen LogP contribution in [0.25, 0.3) is 23.3 Å². The Hall–Kier alpha value is -3.01. The van der Waals surface area contributed by atoms with E-state index in [1.54, 1.807) is 0 Å². The van der Waals surface area contributed by atoms with Gasteiger partial charge in [-0.25, -0.2) is 4.57 Å². The molecule has 0 amide bonds. The maximum atomic E-state index is 12.0. The van der Waals surface area contributed by atoms with E-state index in [0.717, 1.165) is 36.1 Å². The number of nitrogens with zero attached hydrogens (tertiary/aromatic N) is 1. The van der Waals surface area contributed by atoms with Gasteiger partial charge in [0.15, 0.2) is 12.4 Å². The second-order valence-corrected chi connectivity index (χ2v) is 7.37. The van der Waals surface area contributed by atoms with Gasteiger partial charge in [-0.1, -0.05) is 63.1 Å². The number of hydrogen-bond donors (Lipinski definition) is 1. The van der Waals surface area contributed by atoms with Crippen LogP contribution in [0.4, 0.5) is 5.69 Å². The average Bonchev–Trinajstić information content (AvgIpc) is 2.76. The van der Waals surface area contributed by atoms with Crippen molar-refractivity contribution in [2.75, 3.05) is 11.9 Å². The quantitative estimate of drug-likeness (QED) is 0.317. The third kappa shape index (κ3) is 5.08. The highest BCUT2D eigenvalue weighted by Crippen LogP contribution is 2.24. The molecule has 4 heteroatoms. The Morgan fingerprint density at radius 2 is 1.45 bits per heavy atom. The molecule has 0 fully saturated rings. The Labute approximate surface area is 172 Å². The van der Waals surface area contributed by atoms with Crippen LogP contribution in [0.1, 0.15) is 50.7 Å². The molecule has 4 nitrogen and oxygen atoms in total. The molecule has 1 N–H and O–H groups in total. The van der Waals surface area contributed by atoms with Gasteiger partial charge in [-0.05, 0) is 23.1 Å². The summed E-state index contributed by atoms with van der Waals surface area (Å²) in [5.74, 6) is 0. The zero-order valence-electron chi connectivity index (χ0n) is 17.3. The number of hydrogen-bond acceptors (Lipinski definition) is 3. The molecule has 1 heterocycles. The van der Waals surface area contributed by atoms with Crippen molar-refractivity contribution in [2.24, 2.45) is 0 Å². The van der Waals surface area contributed by atoms with Gasteiger partial charge in [-0.2, -0.15) is 0 Å². The van der Waals surface area contributed by atoms with E-state index in [-0.39, 0.29) is 0 Å². The summed E-state index contributed by atoms with van der Waals surface area (Å²) in [5.41, 5.74) is 3.17. The first-order chi connectivity index (χ1) is 14.1. The topological polar surface area (TPSA) is 50.1 Å². The average molecular weight is 390 g/mol. The fourth-order valence-corrected chi connectivity index (χ4v) is 3.25. The number of nitrogens with one attached hydrogen (secondary N) is 1. The molecular weight excluding hydrogens is 360 g/mol. The minimum Gasteiger partial charge on any atom is -0.381 e. The van der Waals surface area contributed by atoms with Crippen LogP contribution in [-0.2, 0) is 6.54 Å². The van der Waals surface area contributed by atoms with Crippen LogP contribution in [0.2, 0.25) is 0 Å². The summed E-state index contributed by atoms with van der Waals surface area (Å²) in [6, 6.07) is 12.0. The molecule has 0 bridgehead atoms. The minimum atomic E-state index is -0.402. The number of benzene rings is 1. The predicted molar refractivity (Wildman–Crippen MR) is 121 cm³/mol. The highest BCUT2D eigenvalue weighted by atomic mass is 16.2. The molecule has 3 rings (SSSR count). The van der Waals surface area contributed by atoms with E-state index in [9.17, 15) is 9.59 Å². The Morgan fingerprint density at radius 3 is 2.07 bits per heavy atom. The van der Waals surface area contributed by atoms with Gasteiger partial charge in [0.1, 0.15) is 6.54 Å². The van der Waals surface area contributed by atoms with E-state index in [1.807, 2.05) is 24.3 Å². The van der Waals surface area contributed by atoms with E-state index in [0.29, 0.717) is 17.8 Å². The molecule has 0 aliphatic rings. The van der Waals surface area contributed by atoms with Gasteiger partial charge in [-0.15, -0.1) is 0 Å². The van der Waals surface area contributed by atoms with Crippen molar-refractivity contribution < 1.29 is 4.57 Å². The highest BCUT2D eigenvalue weighted by Gasteiger charge is 2.21. The Morgan fingerprint density at radius 1 is 0.828 bits per heavy atom. The number of unbranched alkanes of at least 4 members (excludes halogenated alkanes) is 2. The Balaban J connectivity index is 1.68. The fraction of sp³-hybridized carbons (Fsp3) is 0.320. The molecule has 0 spiro atoms. The van der Waals surface area contributed by atoms with Gasteiger partial charge in [-0.3, -0.25) is 9.59 Å². The predicted octanol–water partition coefficient (Wildman–Crippen LogP) is 4.42. The van der Waals surface area contributed by atoms with Crippen molar-refractivity contribution in [1.82, 2.24) is 0 Å². The van der Waals surface area contributed by atoms with Gasteiger partial charge in [0.2, 0.25) is 10.9 Å². The number of pyridine rings is 1. The van der Waals surface area contributed by atoms with Crippen LogP contribution in [0, 0.1) is 0 Å². The molecule has 29 heavy (non-hydrogen) atoms. The van der Waals surface area contributed by atoms with Crippen LogP contribution in [0.15, 0.2) is 58.4 Å². The van der Waals surface area contributed by atoms with Crippen molar-refractivity contribution in [1.29, 1.82) is 0 Å². The third-order valence-corrected chi connectivity index (χ3v) is 5.10. The molecule has 0 aliphatic heterocycles. The molecule has 1 aromatic heterocycles. The summed E-state index contributed by atoms with van der Waals surface area (Å²) >= 11 is 0. The van der Waals surface area contributed by atoms with Crippen molar-refractivity contribution in [3.05, 3.63) is 80.4 Å². The van der Waals surface area contributed by atoms with Crippen molar-refractivity contribution in [3.8, 4) is 11.1 Å². The summed E-state index contributed by atoms with van der Waals surface area (Å²) in [4.78, 5) is 23.9.